The van der Waals surface area contributed by atoms with Gasteiger partial charge in [-0.2, -0.15) is 0 Å². The summed E-state index contributed by atoms with van der Waals surface area (Å²) in [7, 11) is 0. The molecule has 0 heterocycles. The minimum Gasteiger partial charge on any atom is -0.396 e. The minimum atomic E-state index is 0.167. The first-order chi connectivity index (χ1) is 4.65. The number of ketones is 1. The van der Waals surface area contributed by atoms with Crippen LogP contribution >= 0.6 is 0 Å². The third kappa shape index (κ3) is 49.1. The molecule has 0 aromatic heterocycles. The van der Waals surface area contributed by atoms with Gasteiger partial charge in [-0.3, -0.25) is 0 Å². The van der Waals surface area contributed by atoms with Gasteiger partial charge in [-0.25, -0.2) is 0 Å². The van der Waals surface area contributed by atoms with Crippen LogP contribution in [0, 0.1) is 0 Å². The Morgan fingerprint density at radius 3 is 1.40 bits per heavy atom. The van der Waals surface area contributed by atoms with Gasteiger partial charge in [-0.15, -0.1) is 0 Å². The lowest BCUT2D eigenvalue weighted by Gasteiger charge is -1.85. The molecule has 3 nitrogen and oxygen atoms in total. The molecule has 2 N–H and O–H groups in total. The highest BCUT2D eigenvalue weighted by Crippen LogP contribution is 1.80. The Labute approximate surface area is 61.7 Å². The average molecular weight is 148 g/mol. The van der Waals surface area contributed by atoms with Crippen molar-refractivity contribution in [1.29, 1.82) is 0 Å². The van der Waals surface area contributed by atoms with Gasteiger partial charge in [0.15, 0.2) is 0 Å². The third-order valence-corrected chi connectivity index (χ3v) is 0.566. The van der Waals surface area contributed by atoms with Crippen molar-refractivity contribution in [3.63, 3.8) is 0 Å². The van der Waals surface area contributed by atoms with E-state index < -0.39 is 0 Å². The predicted octanol–water partition coefficient (Wildman–Crippen LogP) is 0.347. The van der Waals surface area contributed by atoms with Crippen molar-refractivity contribution in [2.45, 2.75) is 26.7 Å². The van der Waals surface area contributed by atoms with Crippen LogP contribution in [0.25, 0.3) is 0 Å². The Kier molecular flexibility index (Phi) is 14.0. The highest BCUT2D eigenvalue weighted by atomic mass is 16.3. The Bertz CT molecular complexity index is 63.3. The first-order valence-corrected chi connectivity index (χ1v) is 3.34. The molecule has 0 radical (unpaired) electrons. The van der Waals surface area contributed by atoms with Crippen LogP contribution in [0.4, 0.5) is 0 Å². The second kappa shape index (κ2) is 11.4. The molecule has 62 valence electrons. The van der Waals surface area contributed by atoms with E-state index in [4.69, 9.17) is 10.2 Å². The first kappa shape index (κ1) is 12.3. The summed E-state index contributed by atoms with van der Waals surface area (Å²) in [5.41, 5.74) is 0. The topological polar surface area (TPSA) is 57.5 Å². The van der Waals surface area contributed by atoms with E-state index in [9.17, 15) is 4.79 Å². The number of rotatable bonds is 3. The van der Waals surface area contributed by atoms with E-state index in [-0.39, 0.29) is 19.0 Å². The van der Waals surface area contributed by atoms with E-state index in [1.54, 1.807) is 0 Å². The normalized spacial score (nSPS) is 8.00. The number of Topliss-reactive ketones (excluding diaryl/α,β-unsaturated/α-hetero) is 1. The predicted molar refractivity (Wildman–Crippen MR) is 39.8 cm³/mol. The van der Waals surface area contributed by atoms with Crippen LogP contribution in [0.5, 0.6) is 0 Å². The Morgan fingerprint density at radius 2 is 1.30 bits per heavy atom. The van der Waals surface area contributed by atoms with Crippen LogP contribution in [0.15, 0.2) is 0 Å². The number of unbranched alkanes of at least 4 members (excludes halogenated alkanes) is 1. The highest BCUT2D eigenvalue weighted by molar-refractivity contribution is 5.72. The van der Waals surface area contributed by atoms with Crippen molar-refractivity contribution >= 4 is 5.78 Å². The van der Waals surface area contributed by atoms with Gasteiger partial charge in [0.2, 0.25) is 0 Å². The smallest absolute Gasteiger partial charge is 0.126 e. The molecule has 0 aliphatic rings. The molecule has 0 saturated carbocycles. The summed E-state index contributed by atoms with van der Waals surface area (Å²) in [5.74, 6) is 0.167. The van der Waals surface area contributed by atoms with Crippen LogP contribution in [0.1, 0.15) is 26.7 Å². The average Bonchev–Trinajstić information content (AvgIpc) is 1.82. The standard InChI is InChI=1S/C4H10O2.C3H6O/c5-3-1-2-4-6;1-3(2)4/h5-6H,1-4H2;1-2H3. The highest BCUT2D eigenvalue weighted by Gasteiger charge is 1.77. The number of hydrogen-bond donors (Lipinski definition) is 2. The number of carbonyl (C=O) groups is 1. The van der Waals surface area contributed by atoms with Crippen molar-refractivity contribution in [3.05, 3.63) is 0 Å². The zero-order chi connectivity index (χ0) is 8.41. The maximum Gasteiger partial charge on any atom is 0.126 e. The zero-order valence-corrected chi connectivity index (χ0v) is 6.63. The molecule has 0 aliphatic heterocycles. The first-order valence-electron chi connectivity index (χ1n) is 3.34. The summed E-state index contributed by atoms with van der Waals surface area (Å²) in [5, 5.41) is 16.2. The van der Waals surface area contributed by atoms with Crippen LogP contribution in [-0.4, -0.2) is 29.2 Å². The number of aliphatic hydroxyl groups excluding tert-OH is 2. The maximum absolute atomic E-state index is 9.44. The van der Waals surface area contributed by atoms with Crippen LogP contribution in [0.3, 0.4) is 0 Å². The fourth-order valence-electron chi connectivity index (χ4n) is 0.224. The Balaban J connectivity index is 0. The van der Waals surface area contributed by atoms with E-state index in [0.29, 0.717) is 0 Å². The largest absolute Gasteiger partial charge is 0.396 e. The second-order valence-electron chi connectivity index (χ2n) is 2.06. The van der Waals surface area contributed by atoms with E-state index >= 15 is 0 Å². The van der Waals surface area contributed by atoms with Crippen molar-refractivity contribution in [2.75, 3.05) is 13.2 Å². The molecule has 3 heteroatoms. The molecule has 0 aromatic rings. The summed E-state index contributed by atoms with van der Waals surface area (Å²) < 4.78 is 0. The molecule has 0 unspecified atom stereocenters. The van der Waals surface area contributed by atoms with Gasteiger partial charge in [0.05, 0.1) is 0 Å². The van der Waals surface area contributed by atoms with E-state index in [2.05, 4.69) is 0 Å². The lowest BCUT2D eigenvalue weighted by molar-refractivity contribution is -0.114. The monoisotopic (exact) mass is 148 g/mol. The summed E-state index contributed by atoms with van der Waals surface area (Å²) in [6.07, 6.45) is 1.44. The molecule has 0 bridgehead atoms. The van der Waals surface area contributed by atoms with Gasteiger partial charge < -0.3 is 15.0 Å². The molecule has 0 aliphatic carbocycles. The quantitative estimate of drug-likeness (QED) is 0.568. The molecule has 0 spiro atoms. The number of aliphatic hydroxyl groups is 2. The summed E-state index contributed by atoms with van der Waals surface area (Å²) in [4.78, 5) is 9.44. The van der Waals surface area contributed by atoms with Crippen LogP contribution in [0.2, 0.25) is 0 Å². The second-order valence-corrected chi connectivity index (χ2v) is 2.06. The fraction of sp³-hybridized carbons (Fsp3) is 0.857. The molecule has 10 heavy (non-hydrogen) atoms. The molecule has 0 aromatic carbocycles. The van der Waals surface area contributed by atoms with E-state index in [0.717, 1.165) is 12.8 Å². The van der Waals surface area contributed by atoms with Crippen molar-refractivity contribution < 1.29 is 15.0 Å². The molecule has 0 fully saturated rings. The van der Waals surface area contributed by atoms with Gasteiger partial charge in [0.1, 0.15) is 5.78 Å². The summed E-state index contributed by atoms with van der Waals surface area (Å²) >= 11 is 0. The molecular weight excluding hydrogens is 132 g/mol. The van der Waals surface area contributed by atoms with Gasteiger partial charge in [0, 0.05) is 13.2 Å². The maximum atomic E-state index is 9.44. The molecule has 0 amide bonds. The van der Waals surface area contributed by atoms with Crippen molar-refractivity contribution in [1.82, 2.24) is 0 Å². The lowest BCUT2D eigenvalue weighted by atomic mass is 10.3. The molecule has 0 rings (SSSR count). The van der Waals surface area contributed by atoms with Crippen molar-refractivity contribution in [2.24, 2.45) is 0 Å². The lowest BCUT2D eigenvalue weighted by Crippen LogP contribution is -1.85. The van der Waals surface area contributed by atoms with Gasteiger partial charge in [0.25, 0.3) is 0 Å². The number of carbonyl (C=O) groups excluding carboxylic acids is 1. The van der Waals surface area contributed by atoms with Crippen molar-refractivity contribution in [3.8, 4) is 0 Å². The number of hydrogen-bond acceptors (Lipinski definition) is 3. The SMILES string of the molecule is CC(C)=O.OCCCCO. The van der Waals surface area contributed by atoms with Gasteiger partial charge >= 0.3 is 0 Å². The van der Waals surface area contributed by atoms with E-state index in [1.165, 1.54) is 13.8 Å². The van der Waals surface area contributed by atoms with Gasteiger partial charge in [-0.1, -0.05) is 0 Å². The molecular formula is C7H16O3. The minimum absolute atomic E-state index is 0.167. The summed E-state index contributed by atoms with van der Waals surface area (Å²) in [6, 6.07) is 0. The summed E-state index contributed by atoms with van der Waals surface area (Å²) in [6.45, 7) is 3.45. The third-order valence-electron chi connectivity index (χ3n) is 0.566. The van der Waals surface area contributed by atoms with Crippen LogP contribution in [-0.2, 0) is 4.79 Å². The fourth-order valence-corrected chi connectivity index (χ4v) is 0.224. The molecule has 0 atom stereocenters. The van der Waals surface area contributed by atoms with E-state index in [1.807, 2.05) is 0 Å². The van der Waals surface area contributed by atoms with Crippen LogP contribution < -0.4 is 0 Å². The molecule has 0 saturated heterocycles. The zero-order valence-electron chi connectivity index (χ0n) is 6.63. The Hall–Kier alpha value is -0.410. The van der Waals surface area contributed by atoms with Gasteiger partial charge in [-0.05, 0) is 26.7 Å². The Morgan fingerprint density at radius 1 is 1.10 bits per heavy atom.